The van der Waals surface area contributed by atoms with Crippen molar-refractivity contribution < 1.29 is 9.59 Å². The van der Waals surface area contributed by atoms with Gasteiger partial charge in [-0.15, -0.1) is 0 Å². The number of piperidine rings is 1. The summed E-state index contributed by atoms with van der Waals surface area (Å²) in [4.78, 5) is 27.4. The van der Waals surface area contributed by atoms with Gasteiger partial charge in [0.1, 0.15) is 5.69 Å². The normalized spacial score (nSPS) is 18.9. The second kappa shape index (κ2) is 7.18. The van der Waals surface area contributed by atoms with E-state index < -0.39 is 0 Å². The third kappa shape index (κ3) is 3.89. The van der Waals surface area contributed by atoms with Gasteiger partial charge in [0, 0.05) is 37.4 Å². The molecule has 1 aliphatic heterocycles. The maximum absolute atomic E-state index is 12.8. The molecule has 0 unspecified atom stereocenters. The molecule has 1 aromatic carbocycles. The highest BCUT2D eigenvalue weighted by Crippen LogP contribution is 2.40. The molecule has 1 aromatic heterocycles. The predicted octanol–water partition coefficient (Wildman–Crippen LogP) is 2.63. The zero-order valence-electron chi connectivity index (χ0n) is 15.7. The van der Waals surface area contributed by atoms with Crippen LogP contribution in [0.4, 0.5) is 0 Å². The Balaban J connectivity index is 1.45. The smallest absolute Gasteiger partial charge is 0.272 e. The van der Waals surface area contributed by atoms with E-state index in [4.69, 9.17) is 0 Å². The van der Waals surface area contributed by atoms with Crippen LogP contribution >= 0.6 is 0 Å². The SMILES string of the molecule is Cn1nccc1C(=O)N1CCC(CC2CC2)(NC(=O)c2ccccc2)CC1. The van der Waals surface area contributed by atoms with Gasteiger partial charge in [-0.05, 0) is 43.4 Å². The monoisotopic (exact) mass is 366 g/mol. The average molecular weight is 366 g/mol. The fourth-order valence-electron chi connectivity index (χ4n) is 4.04. The molecule has 1 N–H and O–H groups in total. The van der Waals surface area contributed by atoms with Crippen LogP contribution in [0.1, 0.15) is 53.0 Å². The zero-order chi connectivity index (χ0) is 18.9. The van der Waals surface area contributed by atoms with Gasteiger partial charge in [0.15, 0.2) is 0 Å². The third-order valence-electron chi connectivity index (χ3n) is 5.84. The van der Waals surface area contributed by atoms with Crippen molar-refractivity contribution in [3.8, 4) is 0 Å². The third-order valence-corrected chi connectivity index (χ3v) is 5.84. The van der Waals surface area contributed by atoms with Gasteiger partial charge in [0.2, 0.25) is 0 Å². The first kappa shape index (κ1) is 17.8. The van der Waals surface area contributed by atoms with E-state index in [-0.39, 0.29) is 17.4 Å². The Morgan fingerprint density at radius 2 is 1.85 bits per heavy atom. The van der Waals surface area contributed by atoms with E-state index in [0.29, 0.717) is 30.3 Å². The number of rotatable bonds is 5. The number of hydrogen-bond acceptors (Lipinski definition) is 3. The van der Waals surface area contributed by atoms with E-state index in [2.05, 4.69) is 10.4 Å². The molecule has 27 heavy (non-hydrogen) atoms. The fraction of sp³-hybridized carbons (Fsp3) is 0.476. The van der Waals surface area contributed by atoms with Gasteiger partial charge in [-0.1, -0.05) is 31.0 Å². The number of carbonyl (C=O) groups excluding carboxylic acids is 2. The summed E-state index contributed by atoms with van der Waals surface area (Å²) < 4.78 is 1.62. The van der Waals surface area contributed by atoms with Crippen molar-refractivity contribution in [1.82, 2.24) is 20.0 Å². The molecular formula is C21H26N4O2. The summed E-state index contributed by atoms with van der Waals surface area (Å²) in [6, 6.07) is 11.1. The van der Waals surface area contributed by atoms with Crippen LogP contribution in [-0.4, -0.2) is 45.1 Å². The molecule has 1 saturated heterocycles. The lowest BCUT2D eigenvalue weighted by Crippen LogP contribution is -2.56. The van der Waals surface area contributed by atoms with Gasteiger partial charge in [0.25, 0.3) is 11.8 Å². The van der Waals surface area contributed by atoms with Gasteiger partial charge < -0.3 is 10.2 Å². The molecule has 1 saturated carbocycles. The first-order valence-electron chi connectivity index (χ1n) is 9.71. The highest BCUT2D eigenvalue weighted by Gasteiger charge is 2.41. The number of amides is 2. The first-order chi connectivity index (χ1) is 13.1. The number of aryl methyl sites for hydroxylation is 1. The lowest BCUT2D eigenvalue weighted by Gasteiger charge is -2.42. The van der Waals surface area contributed by atoms with Gasteiger partial charge in [-0.3, -0.25) is 14.3 Å². The fourth-order valence-corrected chi connectivity index (χ4v) is 4.04. The Kier molecular flexibility index (Phi) is 4.72. The minimum absolute atomic E-state index is 0.0114. The molecule has 2 amide bonds. The molecule has 0 bridgehead atoms. The van der Waals surface area contributed by atoms with Crippen LogP contribution in [0.2, 0.25) is 0 Å². The molecule has 142 valence electrons. The van der Waals surface area contributed by atoms with Gasteiger partial charge in [-0.2, -0.15) is 5.10 Å². The first-order valence-corrected chi connectivity index (χ1v) is 9.71. The molecule has 2 aromatic rings. The largest absolute Gasteiger partial charge is 0.346 e. The van der Waals surface area contributed by atoms with E-state index in [0.717, 1.165) is 19.3 Å². The van der Waals surface area contributed by atoms with Crippen LogP contribution in [0, 0.1) is 5.92 Å². The second-order valence-electron chi connectivity index (χ2n) is 7.88. The van der Waals surface area contributed by atoms with Crippen LogP contribution in [0.5, 0.6) is 0 Å². The number of nitrogens with zero attached hydrogens (tertiary/aromatic N) is 3. The maximum atomic E-state index is 12.8. The van der Waals surface area contributed by atoms with Crippen molar-refractivity contribution in [2.75, 3.05) is 13.1 Å². The molecular weight excluding hydrogens is 340 g/mol. The van der Waals surface area contributed by atoms with E-state index in [9.17, 15) is 9.59 Å². The van der Waals surface area contributed by atoms with Crippen molar-refractivity contribution in [3.05, 3.63) is 53.9 Å². The van der Waals surface area contributed by atoms with Gasteiger partial charge in [0.05, 0.1) is 0 Å². The molecule has 2 heterocycles. The molecule has 6 heteroatoms. The summed E-state index contributed by atoms with van der Waals surface area (Å²) in [5.74, 6) is 0.715. The summed E-state index contributed by atoms with van der Waals surface area (Å²) in [6.45, 7) is 1.32. The Morgan fingerprint density at radius 1 is 1.15 bits per heavy atom. The minimum atomic E-state index is -0.211. The summed E-state index contributed by atoms with van der Waals surface area (Å²) in [7, 11) is 1.79. The zero-order valence-corrected chi connectivity index (χ0v) is 15.7. The number of likely N-dealkylation sites (tertiary alicyclic amines) is 1. The van der Waals surface area contributed by atoms with Crippen LogP contribution in [0.25, 0.3) is 0 Å². The van der Waals surface area contributed by atoms with Gasteiger partial charge >= 0.3 is 0 Å². The highest BCUT2D eigenvalue weighted by atomic mass is 16.2. The average Bonchev–Trinajstić information content (AvgIpc) is 3.39. The number of carbonyl (C=O) groups is 2. The van der Waals surface area contributed by atoms with Crippen LogP contribution < -0.4 is 5.32 Å². The molecule has 0 atom stereocenters. The molecule has 6 nitrogen and oxygen atoms in total. The predicted molar refractivity (Wildman–Crippen MR) is 102 cm³/mol. The Bertz CT molecular complexity index is 818. The van der Waals surface area contributed by atoms with E-state index >= 15 is 0 Å². The Morgan fingerprint density at radius 3 is 2.44 bits per heavy atom. The molecule has 2 fully saturated rings. The molecule has 1 aliphatic carbocycles. The molecule has 0 radical (unpaired) electrons. The minimum Gasteiger partial charge on any atom is -0.346 e. The van der Waals surface area contributed by atoms with Crippen molar-refractivity contribution in [2.24, 2.45) is 13.0 Å². The molecule has 4 rings (SSSR count). The van der Waals surface area contributed by atoms with Crippen LogP contribution in [0.3, 0.4) is 0 Å². The lowest BCUT2D eigenvalue weighted by molar-refractivity contribution is 0.0591. The Labute approximate surface area is 159 Å². The quantitative estimate of drug-likeness (QED) is 0.885. The standard InChI is InChI=1S/C21H26N4O2/c1-24-18(9-12-22-24)20(27)25-13-10-21(11-14-25,15-16-7-8-16)23-19(26)17-5-3-2-4-6-17/h2-6,9,12,16H,7-8,10-11,13-15H2,1H3,(H,23,26). The number of benzene rings is 1. The van der Waals surface area contributed by atoms with Crippen molar-refractivity contribution >= 4 is 11.8 Å². The van der Waals surface area contributed by atoms with Crippen molar-refractivity contribution in [3.63, 3.8) is 0 Å². The number of nitrogens with one attached hydrogen (secondary N) is 1. The van der Waals surface area contributed by atoms with Crippen molar-refractivity contribution in [2.45, 2.75) is 37.6 Å². The molecule has 2 aliphatic rings. The summed E-state index contributed by atoms with van der Waals surface area (Å²) in [5.41, 5.74) is 1.09. The van der Waals surface area contributed by atoms with Crippen molar-refractivity contribution in [1.29, 1.82) is 0 Å². The molecule has 0 spiro atoms. The van der Waals surface area contributed by atoms with E-state index in [1.165, 1.54) is 12.8 Å². The maximum Gasteiger partial charge on any atom is 0.272 e. The number of aromatic nitrogens is 2. The summed E-state index contributed by atoms with van der Waals surface area (Å²) >= 11 is 0. The van der Waals surface area contributed by atoms with E-state index in [1.807, 2.05) is 35.2 Å². The second-order valence-corrected chi connectivity index (χ2v) is 7.88. The van der Waals surface area contributed by atoms with Crippen LogP contribution in [-0.2, 0) is 7.05 Å². The van der Waals surface area contributed by atoms with E-state index in [1.54, 1.807) is 24.0 Å². The summed E-state index contributed by atoms with van der Waals surface area (Å²) in [6.07, 6.45) is 6.76. The van der Waals surface area contributed by atoms with Crippen LogP contribution in [0.15, 0.2) is 42.6 Å². The summed E-state index contributed by atoms with van der Waals surface area (Å²) in [5, 5.41) is 7.43. The topological polar surface area (TPSA) is 67.2 Å². The Hall–Kier alpha value is -2.63. The van der Waals surface area contributed by atoms with Gasteiger partial charge in [-0.25, -0.2) is 0 Å². The highest BCUT2D eigenvalue weighted by molar-refractivity contribution is 5.95. The number of hydrogen-bond donors (Lipinski definition) is 1. The lowest BCUT2D eigenvalue weighted by atomic mass is 9.82.